The van der Waals surface area contributed by atoms with Crippen molar-refractivity contribution in [3.05, 3.63) is 57.7 Å². The molecule has 1 unspecified atom stereocenters. The molecule has 3 nitrogen and oxygen atoms in total. The minimum absolute atomic E-state index is 0.392. The number of pyridine rings is 1. The van der Waals surface area contributed by atoms with Gasteiger partial charge in [0.1, 0.15) is 0 Å². The lowest BCUT2D eigenvalue weighted by molar-refractivity contribution is 0.204. The summed E-state index contributed by atoms with van der Waals surface area (Å²) in [6.07, 6.45) is 0.847. The average Bonchev–Trinajstić information content (AvgIpc) is 2.45. The molecular weight excluding hydrogens is 315 g/mol. The third-order valence-electron chi connectivity index (χ3n) is 2.57. The van der Waals surface area contributed by atoms with Gasteiger partial charge < -0.3 is 5.11 Å². The van der Waals surface area contributed by atoms with E-state index >= 15 is 0 Å². The molecule has 6 heteroatoms. The van der Waals surface area contributed by atoms with Crippen molar-refractivity contribution in [3.8, 4) is 6.07 Å². The molecule has 0 amide bonds. The van der Waals surface area contributed by atoms with E-state index in [1.165, 1.54) is 11.8 Å². The monoisotopic (exact) mass is 324 g/mol. The molecule has 0 saturated carbocycles. The van der Waals surface area contributed by atoms with Gasteiger partial charge in [-0.1, -0.05) is 29.3 Å². The summed E-state index contributed by atoms with van der Waals surface area (Å²) in [5.41, 5.74) is 1.17. The van der Waals surface area contributed by atoms with Crippen LogP contribution < -0.4 is 0 Å². The maximum atomic E-state index is 10.1. The second-order valence-corrected chi connectivity index (χ2v) is 5.87. The van der Waals surface area contributed by atoms with Crippen LogP contribution in [0.2, 0.25) is 10.0 Å². The average molecular weight is 325 g/mol. The maximum absolute atomic E-state index is 10.1. The highest BCUT2D eigenvalue weighted by Gasteiger charge is 2.13. The first-order valence-corrected chi connectivity index (χ1v) is 7.46. The number of rotatable bonds is 4. The Morgan fingerprint density at radius 2 is 2.10 bits per heavy atom. The van der Waals surface area contributed by atoms with Crippen LogP contribution in [-0.4, -0.2) is 15.8 Å². The zero-order valence-electron chi connectivity index (χ0n) is 10.3. The van der Waals surface area contributed by atoms with Gasteiger partial charge in [-0.2, -0.15) is 5.26 Å². The van der Waals surface area contributed by atoms with Crippen LogP contribution in [0.4, 0.5) is 0 Å². The van der Waals surface area contributed by atoms with Crippen LogP contribution in [0.5, 0.6) is 0 Å². The van der Waals surface area contributed by atoms with E-state index in [1.54, 1.807) is 36.5 Å². The largest absolute Gasteiger partial charge is 0.387 e. The smallest absolute Gasteiger partial charge is 0.0993 e. The number of hydrogen-bond acceptors (Lipinski definition) is 4. The predicted octanol–water partition coefficient (Wildman–Crippen LogP) is 4.09. The highest BCUT2D eigenvalue weighted by Crippen LogP contribution is 2.30. The van der Waals surface area contributed by atoms with E-state index in [9.17, 15) is 5.11 Å². The molecule has 0 fully saturated rings. The summed E-state index contributed by atoms with van der Waals surface area (Å²) in [6, 6.07) is 10.4. The maximum Gasteiger partial charge on any atom is 0.0993 e. The van der Waals surface area contributed by atoms with E-state index in [0.29, 0.717) is 32.0 Å². The number of hydrogen-bond donors (Lipinski definition) is 1. The van der Waals surface area contributed by atoms with E-state index < -0.39 is 6.10 Å². The standard InChI is InChI=1S/C14H10Cl2N2OS/c15-10-1-2-11(12(16)6-10)13(19)8-20-14-5-9(7-17)3-4-18-14/h1-6,13,19H,8H2. The Bertz CT molecular complexity index is 658. The van der Waals surface area contributed by atoms with Crippen LogP contribution in [0, 0.1) is 11.3 Å². The van der Waals surface area contributed by atoms with E-state index in [2.05, 4.69) is 11.1 Å². The van der Waals surface area contributed by atoms with Gasteiger partial charge >= 0.3 is 0 Å². The number of benzene rings is 1. The molecule has 2 aromatic rings. The van der Waals surface area contributed by atoms with Crippen LogP contribution in [0.15, 0.2) is 41.6 Å². The summed E-state index contributed by atoms with van der Waals surface area (Å²) < 4.78 is 0. The number of nitrogens with zero attached hydrogens (tertiary/aromatic N) is 2. The summed E-state index contributed by atoms with van der Waals surface area (Å²) in [7, 11) is 0. The Morgan fingerprint density at radius 3 is 2.80 bits per heavy atom. The van der Waals surface area contributed by atoms with Crippen molar-refractivity contribution in [3.63, 3.8) is 0 Å². The van der Waals surface area contributed by atoms with Crippen LogP contribution in [0.25, 0.3) is 0 Å². The van der Waals surface area contributed by atoms with E-state index in [0.717, 1.165) is 0 Å². The van der Waals surface area contributed by atoms with Crippen molar-refractivity contribution in [2.45, 2.75) is 11.1 Å². The Kier molecular flexibility index (Phi) is 5.27. The van der Waals surface area contributed by atoms with Crippen molar-refractivity contribution >= 4 is 35.0 Å². The molecule has 1 atom stereocenters. The first-order valence-electron chi connectivity index (χ1n) is 5.72. The van der Waals surface area contributed by atoms with Crippen LogP contribution in [0.1, 0.15) is 17.2 Å². The SMILES string of the molecule is N#Cc1ccnc(SCC(O)c2ccc(Cl)cc2Cl)c1. The zero-order valence-corrected chi connectivity index (χ0v) is 12.6. The van der Waals surface area contributed by atoms with Crippen molar-refractivity contribution in [2.24, 2.45) is 0 Å². The topological polar surface area (TPSA) is 56.9 Å². The minimum Gasteiger partial charge on any atom is -0.387 e. The number of nitriles is 1. The molecule has 102 valence electrons. The fourth-order valence-electron chi connectivity index (χ4n) is 1.58. The van der Waals surface area contributed by atoms with Gasteiger partial charge in [-0.05, 0) is 24.3 Å². The van der Waals surface area contributed by atoms with E-state index in [1.807, 2.05) is 0 Å². The van der Waals surface area contributed by atoms with Gasteiger partial charge in [0.2, 0.25) is 0 Å². The Labute approximate surface area is 131 Å². The molecule has 0 aliphatic rings. The molecule has 1 N–H and O–H groups in total. The molecule has 1 aromatic heterocycles. The Hall–Kier alpha value is -1.25. The lowest BCUT2D eigenvalue weighted by atomic mass is 10.1. The first-order chi connectivity index (χ1) is 9.60. The summed E-state index contributed by atoms with van der Waals surface area (Å²) in [5, 5.41) is 20.6. The molecule has 1 aromatic carbocycles. The number of aromatic nitrogens is 1. The van der Waals surface area contributed by atoms with Crippen molar-refractivity contribution in [1.82, 2.24) is 4.98 Å². The second kappa shape index (κ2) is 6.96. The molecule has 0 radical (unpaired) electrons. The van der Waals surface area contributed by atoms with Gasteiger partial charge in [0.05, 0.1) is 22.8 Å². The minimum atomic E-state index is -0.725. The lowest BCUT2D eigenvalue weighted by Gasteiger charge is -2.12. The van der Waals surface area contributed by atoms with Crippen LogP contribution in [0.3, 0.4) is 0 Å². The second-order valence-electron chi connectivity index (χ2n) is 3.99. The molecule has 2 rings (SSSR count). The van der Waals surface area contributed by atoms with Crippen LogP contribution in [-0.2, 0) is 0 Å². The van der Waals surface area contributed by atoms with Crippen molar-refractivity contribution < 1.29 is 5.11 Å². The summed E-state index contributed by atoms with van der Waals surface area (Å²) in [5.74, 6) is 0.392. The lowest BCUT2D eigenvalue weighted by Crippen LogP contribution is -2.01. The third kappa shape index (κ3) is 3.87. The fourth-order valence-corrected chi connectivity index (χ4v) is 2.97. The fraction of sp³-hybridized carbons (Fsp3) is 0.143. The molecule has 0 bridgehead atoms. The van der Waals surface area contributed by atoms with Gasteiger partial charge in [0.15, 0.2) is 0 Å². The predicted molar refractivity (Wildman–Crippen MR) is 81.1 cm³/mol. The number of thioether (sulfide) groups is 1. The first kappa shape index (κ1) is 15.1. The van der Waals surface area contributed by atoms with Gasteiger partial charge in [0, 0.05) is 27.6 Å². The molecular formula is C14H10Cl2N2OS. The number of aliphatic hydroxyl groups excluding tert-OH is 1. The van der Waals surface area contributed by atoms with Crippen molar-refractivity contribution in [1.29, 1.82) is 5.26 Å². The summed E-state index contributed by atoms with van der Waals surface area (Å²) >= 11 is 13.2. The third-order valence-corrected chi connectivity index (χ3v) is 4.14. The summed E-state index contributed by atoms with van der Waals surface area (Å²) in [6.45, 7) is 0. The van der Waals surface area contributed by atoms with E-state index in [-0.39, 0.29) is 0 Å². The Morgan fingerprint density at radius 1 is 1.30 bits per heavy atom. The summed E-state index contributed by atoms with van der Waals surface area (Å²) in [4.78, 5) is 4.14. The molecule has 0 saturated heterocycles. The molecule has 0 aliphatic carbocycles. The van der Waals surface area contributed by atoms with Gasteiger partial charge in [-0.25, -0.2) is 4.98 Å². The van der Waals surface area contributed by atoms with Gasteiger partial charge in [0.25, 0.3) is 0 Å². The van der Waals surface area contributed by atoms with Crippen molar-refractivity contribution in [2.75, 3.05) is 5.75 Å². The normalized spacial score (nSPS) is 11.9. The Balaban J connectivity index is 2.04. The highest BCUT2D eigenvalue weighted by molar-refractivity contribution is 7.99. The van der Waals surface area contributed by atoms with Crippen LogP contribution >= 0.6 is 35.0 Å². The molecule has 1 heterocycles. The van der Waals surface area contributed by atoms with E-state index in [4.69, 9.17) is 28.5 Å². The quantitative estimate of drug-likeness (QED) is 0.861. The number of halogens is 2. The van der Waals surface area contributed by atoms with Gasteiger partial charge in [-0.3, -0.25) is 0 Å². The molecule has 0 aliphatic heterocycles. The molecule has 0 spiro atoms. The van der Waals surface area contributed by atoms with Gasteiger partial charge in [-0.15, -0.1) is 11.8 Å². The molecule has 20 heavy (non-hydrogen) atoms. The number of aliphatic hydroxyl groups is 1. The highest BCUT2D eigenvalue weighted by atomic mass is 35.5. The zero-order chi connectivity index (χ0) is 14.5.